The van der Waals surface area contributed by atoms with E-state index in [-0.39, 0.29) is 24.7 Å². The smallest absolute Gasteiger partial charge is 0.338 e. The fourth-order valence-corrected chi connectivity index (χ4v) is 3.44. The zero-order valence-corrected chi connectivity index (χ0v) is 19.0. The molecule has 1 fully saturated rings. The largest absolute Gasteiger partial charge is 0.462 e. The second-order valence-corrected chi connectivity index (χ2v) is 7.88. The van der Waals surface area contributed by atoms with Gasteiger partial charge in [-0.2, -0.15) is 0 Å². The zero-order valence-electron chi connectivity index (χ0n) is 19.0. The van der Waals surface area contributed by atoms with E-state index in [1.54, 1.807) is 42.5 Å². The number of hydrogen-bond acceptors (Lipinski definition) is 7. The molecule has 0 unspecified atom stereocenters. The minimum atomic E-state index is -0.712. The van der Waals surface area contributed by atoms with E-state index in [0.29, 0.717) is 29.1 Å². The SMILES string of the molecule is CCCOC(=O)c1ccc(N2C[C@H](C(=O)OCC(=O)Nc3cccc(C(C)=O)c3)CC2=O)cc1. The maximum Gasteiger partial charge on any atom is 0.338 e. The number of ketones is 1. The second-order valence-electron chi connectivity index (χ2n) is 7.88. The maximum absolute atomic E-state index is 12.4. The summed E-state index contributed by atoms with van der Waals surface area (Å²) < 4.78 is 10.2. The molecule has 3 rings (SSSR count). The van der Waals surface area contributed by atoms with Crippen molar-refractivity contribution in [2.45, 2.75) is 26.7 Å². The van der Waals surface area contributed by atoms with Gasteiger partial charge in [0.25, 0.3) is 5.91 Å². The van der Waals surface area contributed by atoms with E-state index < -0.39 is 30.4 Å². The summed E-state index contributed by atoms with van der Waals surface area (Å²) in [6.07, 6.45) is 0.680. The lowest BCUT2D eigenvalue weighted by atomic mass is 10.1. The van der Waals surface area contributed by atoms with Crippen molar-refractivity contribution in [2.24, 2.45) is 5.92 Å². The van der Waals surface area contributed by atoms with Crippen LogP contribution >= 0.6 is 0 Å². The Morgan fingerprint density at radius 2 is 1.76 bits per heavy atom. The van der Waals surface area contributed by atoms with Crippen LogP contribution in [0.1, 0.15) is 47.4 Å². The van der Waals surface area contributed by atoms with Crippen LogP contribution in [0.15, 0.2) is 48.5 Å². The number of Topliss-reactive ketones (excluding diaryl/α,β-unsaturated/α-hetero) is 1. The van der Waals surface area contributed by atoms with Crippen molar-refractivity contribution in [3.8, 4) is 0 Å². The lowest BCUT2D eigenvalue weighted by Crippen LogP contribution is -2.28. The van der Waals surface area contributed by atoms with E-state index in [4.69, 9.17) is 9.47 Å². The standard InChI is InChI=1S/C25H26N2O7/c1-3-11-33-24(31)17-7-9-21(10-8-17)27-14-19(13-23(27)30)25(32)34-15-22(29)26-20-6-4-5-18(12-20)16(2)28/h4-10,12,19H,3,11,13-15H2,1-2H3,(H,26,29)/t19-/m1/s1. The van der Waals surface area contributed by atoms with E-state index >= 15 is 0 Å². The summed E-state index contributed by atoms with van der Waals surface area (Å²) in [5, 5.41) is 2.57. The lowest BCUT2D eigenvalue weighted by molar-refractivity contribution is -0.151. The van der Waals surface area contributed by atoms with Crippen molar-refractivity contribution in [1.29, 1.82) is 0 Å². The number of esters is 2. The van der Waals surface area contributed by atoms with Crippen LogP contribution in [0.2, 0.25) is 0 Å². The van der Waals surface area contributed by atoms with Gasteiger partial charge >= 0.3 is 11.9 Å². The van der Waals surface area contributed by atoms with Gasteiger partial charge in [0, 0.05) is 29.9 Å². The Morgan fingerprint density at radius 1 is 1.03 bits per heavy atom. The Labute approximate surface area is 197 Å². The Kier molecular flexibility index (Phi) is 8.13. The van der Waals surface area contributed by atoms with Gasteiger partial charge in [-0.25, -0.2) is 4.79 Å². The monoisotopic (exact) mass is 466 g/mol. The molecule has 2 aromatic carbocycles. The third-order valence-electron chi connectivity index (χ3n) is 5.21. The van der Waals surface area contributed by atoms with Crippen LogP contribution in [0.5, 0.6) is 0 Å². The number of benzene rings is 2. The number of hydrogen-bond donors (Lipinski definition) is 1. The van der Waals surface area contributed by atoms with Gasteiger partial charge in [0.1, 0.15) is 0 Å². The highest BCUT2D eigenvalue weighted by Gasteiger charge is 2.36. The second kappa shape index (κ2) is 11.2. The van der Waals surface area contributed by atoms with Crippen LogP contribution in [0, 0.1) is 5.92 Å². The minimum Gasteiger partial charge on any atom is -0.462 e. The highest BCUT2D eigenvalue weighted by molar-refractivity contribution is 6.01. The topological polar surface area (TPSA) is 119 Å². The molecule has 1 aliphatic heterocycles. The molecule has 9 heteroatoms. The van der Waals surface area contributed by atoms with Crippen molar-refractivity contribution >= 4 is 40.9 Å². The number of nitrogens with zero attached hydrogens (tertiary/aromatic N) is 1. The molecule has 34 heavy (non-hydrogen) atoms. The van der Waals surface area contributed by atoms with Crippen LogP contribution in [0.3, 0.4) is 0 Å². The summed E-state index contributed by atoms with van der Waals surface area (Å²) >= 11 is 0. The van der Waals surface area contributed by atoms with Crippen LogP contribution in [-0.2, 0) is 23.9 Å². The van der Waals surface area contributed by atoms with Crippen molar-refractivity contribution in [1.82, 2.24) is 0 Å². The Balaban J connectivity index is 1.51. The molecule has 178 valence electrons. The lowest BCUT2D eigenvalue weighted by Gasteiger charge is -2.17. The summed E-state index contributed by atoms with van der Waals surface area (Å²) in [7, 11) is 0. The number of ether oxygens (including phenoxy) is 2. The van der Waals surface area contributed by atoms with Gasteiger partial charge in [-0.05, 0) is 49.7 Å². The summed E-state index contributed by atoms with van der Waals surface area (Å²) in [5.41, 5.74) is 1.79. The van der Waals surface area contributed by atoms with E-state index in [1.165, 1.54) is 17.9 Å². The van der Waals surface area contributed by atoms with Crippen LogP contribution in [0.4, 0.5) is 11.4 Å². The highest BCUT2D eigenvalue weighted by atomic mass is 16.5. The van der Waals surface area contributed by atoms with E-state index in [0.717, 1.165) is 6.42 Å². The molecule has 9 nitrogen and oxygen atoms in total. The van der Waals surface area contributed by atoms with Crippen LogP contribution in [-0.4, -0.2) is 49.3 Å². The third kappa shape index (κ3) is 6.28. The molecule has 1 N–H and O–H groups in total. The normalized spacial score (nSPS) is 15.1. The fraction of sp³-hybridized carbons (Fsp3) is 0.320. The van der Waals surface area contributed by atoms with Gasteiger partial charge in [-0.3, -0.25) is 19.2 Å². The number of anilines is 2. The predicted molar refractivity (Wildman–Crippen MR) is 124 cm³/mol. The number of nitrogens with one attached hydrogen (secondary N) is 1. The predicted octanol–water partition coefficient (Wildman–Crippen LogP) is 2.99. The van der Waals surface area contributed by atoms with Gasteiger partial charge in [0.2, 0.25) is 5.91 Å². The number of rotatable bonds is 9. The van der Waals surface area contributed by atoms with Gasteiger partial charge in [-0.15, -0.1) is 0 Å². The Bertz CT molecular complexity index is 1090. The van der Waals surface area contributed by atoms with Crippen LogP contribution < -0.4 is 10.2 Å². The van der Waals surface area contributed by atoms with Gasteiger partial charge in [0.05, 0.1) is 18.1 Å². The first kappa shape index (κ1) is 24.6. The molecule has 2 amide bonds. The summed E-state index contributed by atoms with van der Waals surface area (Å²) in [6.45, 7) is 3.25. The maximum atomic E-state index is 12.4. The molecule has 0 radical (unpaired) electrons. The quantitative estimate of drug-likeness (QED) is 0.446. The fourth-order valence-electron chi connectivity index (χ4n) is 3.44. The molecule has 0 saturated carbocycles. The number of carbonyl (C=O) groups excluding carboxylic acids is 5. The first-order chi connectivity index (χ1) is 16.3. The first-order valence-electron chi connectivity index (χ1n) is 10.9. The molecule has 1 saturated heterocycles. The Morgan fingerprint density at radius 3 is 2.44 bits per heavy atom. The summed E-state index contributed by atoms with van der Waals surface area (Å²) in [4.78, 5) is 61.8. The summed E-state index contributed by atoms with van der Waals surface area (Å²) in [6, 6.07) is 12.8. The molecular formula is C25H26N2O7. The molecule has 1 heterocycles. The van der Waals surface area contributed by atoms with Crippen LogP contribution in [0.25, 0.3) is 0 Å². The number of carbonyl (C=O) groups is 5. The molecule has 1 aliphatic rings. The van der Waals surface area contributed by atoms with Crippen molar-refractivity contribution in [3.63, 3.8) is 0 Å². The molecular weight excluding hydrogens is 440 g/mol. The van der Waals surface area contributed by atoms with Gasteiger partial charge < -0.3 is 19.7 Å². The Hall–Kier alpha value is -4.01. The van der Waals surface area contributed by atoms with Gasteiger partial charge in [-0.1, -0.05) is 19.1 Å². The number of amides is 2. The van der Waals surface area contributed by atoms with E-state index in [1.807, 2.05) is 6.92 Å². The van der Waals surface area contributed by atoms with Crippen molar-refractivity contribution in [2.75, 3.05) is 30.0 Å². The molecule has 0 aromatic heterocycles. The van der Waals surface area contributed by atoms with E-state index in [9.17, 15) is 24.0 Å². The highest BCUT2D eigenvalue weighted by Crippen LogP contribution is 2.26. The zero-order chi connectivity index (χ0) is 24.7. The molecule has 0 aliphatic carbocycles. The van der Waals surface area contributed by atoms with E-state index in [2.05, 4.69) is 5.32 Å². The van der Waals surface area contributed by atoms with Crippen molar-refractivity contribution in [3.05, 3.63) is 59.7 Å². The molecule has 0 spiro atoms. The minimum absolute atomic E-state index is 0.0403. The third-order valence-corrected chi connectivity index (χ3v) is 5.21. The summed E-state index contributed by atoms with van der Waals surface area (Å²) in [5.74, 6) is -2.74. The van der Waals surface area contributed by atoms with Gasteiger partial charge in [0.15, 0.2) is 12.4 Å². The molecule has 0 bridgehead atoms. The average Bonchev–Trinajstić information content (AvgIpc) is 3.22. The first-order valence-corrected chi connectivity index (χ1v) is 10.9. The van der Waals surface area contributed by atoms with Crippen molar-refractivity contribution < 1.29 is 33.4 Å². The molecule has 2 aromatic rings. The molecule has 1 atom stereocenters. The average molecular weight is 466 g/mol.